The van der Waals surface area contributed by atoms with Gasteiger partial charge in [-0.2, -0.15) is 0 Å². The smallest absolute Gasteiger partial charge is 0.402 e. The zero-order valence-corrected chi connectivity index (χ0v) is 8.88. The minimum absolute atomic E-state index is 0.00838. The molecule has 0 unspecified atom stereocenters. The molecule has 0 saturated carbocycles. The molecule has 9 heteroatoms. The van der Waals surface area contributed by atoms with Gasteiger partial charge in [-0.25, -0.2) is 4.39 Å². The van der Waals surface area contributed by atoms with E-state index in [1.165, 1.54) is 0 Å². The molecule has 0 aliphatic carbocycles. The molecule has 0 bridgehead atoms. The van der Waals surface area contributed by atoms with Crippen LogP contribution in [0.3, 0.4) is 0 Å². The first kappa shape index (κ1) is 12.6. The number of halogens is 5. The normalized spacial score (nSPS) is 10.8. The zero-order valence-electron chi connectivity index (χ0n) is 7.29. The van der Waals surface area contributed by atoms with Crippen LogP contribution in [0.15, 0.2) is 21.7 Å². The van der Waals surface area contributed by atoms with Crippen molar-refractivity contribution in [2.45, 2.75) is 6.36 Å². The summed E-state index contributed by atoms with van der Waals surface area (Å²) in [5.74, 6) is -2.44. The van der Waals surface area contributed by atoms with E-state index in [1.807, 2.05) is 0 Å². The second-order valence-electron chi connectivity index (χ2n) is 2.44. The van der Waals surface area contributed by atoms with Crippen molar-refractivity contribution in [1.29, 1.82) is 0 Å². The summed E-state index contributed by atoms with van der Waals surface area (Å²) in [5.41, 5.74) is 7.54. The number of azide groups is 1. The van der Waals surface area contributed by atoms with Crippen molar-refractivity contribution in [3.8, 4) is 5.75 Å². The van der Waals surface area contributed by atoms with E-state index in [0.29, 0.717) is 0 Å². The predicted molar refractivity (Wildman–Crippen MR) is 49.6 cm³/mol. The lowest BCUT2D eigenvalue weighted by Crippen LogP contribution is -2.18. The third kappa shape index (κ3) is 3.01. The highest BCUT2D eigenvalue weighted by atomic mass is 79.9. The van der Waals surface area contributed by atoms with Gasteiger partial charge in [0.15, 0.2) is 11.6 Å². The Labute approximate surface area is 94.6 Å². The molecule has 86 valence electrons. The monoisotopic (exact) mass is 299 g/mol. The summed E-state index contributed by atoms with van der Waals surface area (Å²) in [6, 6.07) is 1.85. The van der Waals surface area contributed by atoms with Gasteiger partial charge in [0.05, 0.1) is 5.69 Å². The Kier molecular flexibility index (Phi) is 3.61. The molecule has 4 nitrogen and oxygen atoms in total. The van der Waals surface area contributed by atoms with Crippen molar-refractivity contribution in [1.82, 2.24) is 0 Å². The molecule has 1 aromatic rings. The summed E-state index contributed by atoms with van der Waals surface area (Å²) in [6.45, 7) is 0. The van der Waals surface area contributed by atoms with E-state index in [0.717, 1.165) is 12.1 Å². The molecular formula is C7H2BrF4N3O. The molecule has 16 heavy (non-hydrogen) atoms. The maximum absolute atomic E-state index is 13.1. The first-order valence-electron chi connectivity index (χ1n) is 3.64. The van der Waals surface area contributed by atoms with Gasteiger partial charge >= 0.3 is 6.36 Å². The first-order valence-corrected chi connectivity index (χ1v) is 4.43. The first-order chi connectivity index (χ1) is 7.35. The predicted octanol–water partition coefficient (Wildman–Crippen LogP) is 4.43. The molecule has 0 N–H and O–H groups in total. The molecule has 0 radical (unpaired) electrons. The summed E-state index contributed by atoms with van der Waals surface area (Å²) in [7, 11) is 0. The van der Waals surface area contributed by atoms with Crippen LogP contribution in [0.2, 0.25) is 0 Å². The summed E-state index contributed by atoms with van der Waals surface area (Å²) < 4.78 is 52.3. The number of nitrogens with zero attached hydrogens (tertiary/aromatic N) is 3. The maximum atomic E-state index is 13.1. The van der Waals surface area contributed by atoms with Gasteiger partial charge in [-0.05, 0) is 17.7 Å². The summed E-state index contributed by atoms with van der Waals surface area (Å²) in [5, 5.41) is 2.92. The lowest BCUT2D eigenvalue weighted by atomic mass is 10.3. The van der Waals surface area contributed by atoms with Crippen molar-refractivity contribution < 1.29 is 22.3 Å². The Bertz CT molecular complexity index is 456. The van der Waals surface area contributed by atoms with E-state index in [2.05, 4.69) is 30.7 Å². The lowest BCUT2D eigenvalue weighted by molar-refractivity contribution is -0.275. The van der Waals surface area contributed by atoms with Crippen LogP contribution >= 0.6 is 15.9 Å². The van der Waals surface area contributed by atoms with E-state index < -0.39 is 23.6 Å². The molecule has 0 aromatic heterocycles. The SMILES string of the molecule is [N-]=[N+]=Nc1c(Br)ccc(F)c1OC(F)(F)F. The van der Waals surface area contributed by atoms with Crippen LogP contribution in [0.4, 0.5) is 23.2 Å². The fourth-order valence-electron chi connectivity index (χ4n) is 0.873. The molecular weight excluding hydrogens is 298 g/mol. The third-order valence-corrected chi connectivity index (χ3v) is 2.04. The van der Waals surface area contributed by atoms with Crippen LogP contribution < -0.4 is 4.74 Å². The average Bonchev–Trinajstić information content (AvgIpc) is 2.15. The average molecular weight is 300 g/mol. The summed E-state index contributed by atoms with van der Waals surface area (Å²) >= 11 is 2.81. The highest BCUT2D eigenvalue weighted by Crippen LogP contribution is 2.40. The minimum atomic E-state index is -5.07. The standard InChI is InChI=1S/C7H2BrF4N3O/c8-3-1-2-4(9)6(5(3)14-15-13)16-7(10,11)12/h1-2H. The Morgan fingerprint density at radius 3 is 2.50 bits per heavy atom. The Hall–Kier alpha value is -1.47. The second-order valence-corrected chi connectivity index (χ2v) is 3.30. The molecule has 1 rings (SSSR count). The quantitative estimate of drug-likeness (QED) is 0.345. The number of rotatable bonds is 2. The van der Waals surface area contributed by atoms with Gasteiger partial charge < -0.3 is 4.74 Å². The molecule has 0 atom stereocenters. The van der Waals surface area contributed by atoms with Crippen LogP contribution in [0.25, 0.3) is 10.4 Å². The van der Waals surface area contributed by atoms with Gasteiger partial charge in [-0.3, -0.25) is 0 Å². The van der Waals surface area contributed by atoms with Crippen molar-refractivity contribution >= 4 is 21.6 Å². The Morgan fingerprint density at radius 1 is 1.38 bits per heavy atom. The number of ether oxygens (including phenoxy) is 1. The van der Waals surface area contributed by atoms with E-state index in [1.54, 1.807) is 0 Å². The third-order valence-electron chi connectivity index (χ3n) is 1.40. The van der Waals surface area contributed by atoms with Crippen molar-refractivity contribution in [3.05, 3.63) is 32.9 Å². The molecule has 0 fully saturated rings. The number of alkyl halides is 3. The summed E-state index contributed by atoms with van der Waals surface area (Å²) in [4.78, 5) is 2.28. The number of hydrogen-bond donors (Lipinski definition) is 0. The van der Waals surface area contributed by atoms with Crippen molar-refractivity contribution in [3.63, 3.8) is 0 Å². The maximum Gasteiger partial charge on any atom is 0.573 e. The number of benzene rings is 1. The van der Waals surface area contributed by atoms with Crippen molar-refractivity contribution in [2.24, 2.45) is 5.11 Å². The van der Waals surface area contributed by atoms with Gasteiger partial charge in [0.25, 0.3) is 0 Å². The molecule has 0 saturated heterocycles. The lowest BCUT2D eigenvalue weighted by Gasteiger charge is -2.12. The zero-order chi connectivity index (χ0) is 12.3. The highest BCUT2D eigenvalue weighted by molar-refractivity contribution is 9.10. The van der Waals surface area contributed by atoms with Crippen LogP contribution in [-0.2, 0) is 0 Å². The topological polar surface area (TPSA) is 58.0 Å². The minimum Gasteiger partial charge on any atom is -0.402 e. The van der Waals surface area contributed by atoms with Gasteiger partial charge in [-0.1, -0.05) is 21.0 Å². The van der Waals surface area contributed by atoms with Crippen LogP contribution in [0, 0.1) is 5.82 Å². The van der Waals surface area contributed by atoms with E-state index >= 15 is 0 Å². The van der Waals surface area contributed by atoms with Crippen LogP contribution in [0.5, 0.6) is 5.75 Å². The molecule has 0 spiro atoms. The fourth-order valence-corrected chi connectivity index (χ4v) is 1.26. The van der Waals surface area contributed by atoms with Gasteiger partial charge in [0.1, 0.15) is 0 Å². The molecule has 0 amide bonds. The van der Waals surface area contributed by atoms with E-state index in [9.17, 15) is 17.6 Å². The molecule has 1 aromatic carbocycles. The fraction of sp³-hybridized carbons (Fsp3) is 0.143. The van der Waals surface area contributed by atoms with Crippen molar-refractivity contribution in [2.75, 3.05) is 0 Å². The van der Waals surface area contributed by atoms with Crippen LogP contribution in [-0.4, -0.2) is 6.36 Å². The van der Waals surface area contributed by atoms with Gasteiger partial charge in [-0.15, -0.1) is 13.2 Å². The van der Waals surface area contributed by atoms with Gasteiger partial charge in [0.2, 0.25) is 0 Å². The molecule has 0 heterocycles. The Balaban J connectivity index is 3.34. The molecule has 0 aliphatic rings. The van der Waals surface area contributed by atoms with Gasteiger partial charge in [0, 0.05) is 9.38 Å². The van der Waals surface area contributed by atoms with Crippen LogP contribution in [0.1, 0.15) is 0 Å². The largest absolute Gasteiger partial charge is 0.573 e. The van der Waals surface area contributed by atoms with E-state index in [-0.39, 0.29) is 4.47 Å². The Morgan fingerprint density at radius 2 is 2.00 bits per heavy atom. The second kappa shape index (κ2) is 4.58. The molecule has 0 aliphatic heterocycles. The van der Waals surface area contributed by atoms with E-state index in [4.69, 9.17) is 5.53 Å². The highest BCUT2D eigenvalue weighted by Gasteiger charge is 2.34. The number of hydrogen-bond acceptors (Lipinski definition) is 2. The summed E-state index contributed by atoms with van der Waals surface area (Å²) in [6.07, 6.45) is -5.07.